The van der Waals surface area contributed by atoms with E-state index in [0.717, 1.165) is 6.54 Å². The molecule has 0 aromatic rings. The Morgan fingerprint density at radius 1 is 1.50 bits per heavy atom. The van der Waals surface area contributed by atoms with Gasteiger partial charge in [0.05, 0.1) is 5.32 Å². The van der Waals surface area contributed by atoms with Crippen LogP contribution in [-0.4, -0.2) is 13.6 Å². The highest BCUT2D eigenvalue weighted by Gasteiger charge is 1.87. The van der Waals surface area contributed by atoms with Crippen LogP contribution in [-0.2, 0) is 0 Å². The summed E-state index contributed by atoms with van der Waals surface area (Å²) in [5, 5.41) is 3.93. The predicted molar refractivity (Wildman–Crippen MR) is 27.8 cm³/mol. The molecule has 0 unspecified atom stereocenters. The van der Waals surface area contributed by atoms with Gasteiger partial charge in [0.15, 0.2) is 13.6 Å². The molecule has 0 aliphatic heterocycles. The lowest BCUT2D eigenvalue weighted by Crippen LogP contribution is -1.96. The van der Waals surface area contributed by atoms with E-state index in [0.29, 0.717) is 0 Å². The molecule has 36 valence electrons. The zero-order valence-electron chi connectivity index (χ0n) is 4.57. The van der Waals surface area contributed by atoms with Gasteiger partial charge in [0.2, 0.25) is 0 Å². The number of nitrogens with zero attached hydrogens (tertiary/aromatic N) is 1. The Bertz CT molecular complexity index is 15.9. The molecule has 6 heavy (non-hydrogen) atoms. The predicted octanol–water partition coefficient (Wildman–Crippen LogP) is 1.02. The molecule has 0 heterocycles. The molecule has 0 aromatic heterocycles. The number of hydrogen-bond acceptors (Lipinski definition) is 0. The second-order valence-corrected chi connectivity index (χ2v) is 1.39. The van der Waals surface area contributed by atoms with Crippen LogP contribution in [0.4, 0.5) is 0 Å². The third kappa shape index (κ3) is 3.96. The minimum absolute atomic E-state index is 1.04. The summed E-state index contributed by atoms with van der Waals surface area (Å²) in [4.78, 5) is 0. The molecule has 0 fully saturated rings. The number of rotatable bonds is 3. The maximum atomic E-state index is 3.93. The highest BCUT2D eigenvalue weighted by atomic mass is 14.8. The summed E-state index contributed by atoms with van der Waals surface area (Å²) in [7, 11) is 1.86. The van der Waals surface area contributed by atoms with Crippen molar-refractivity contribution in [2.24, 2.45) is 0 Å². The van der Waals surface area contributed by atoms with Crippen molar-refractivity contribution in [1.82, 2.24) is 5.32 Å². The van der Waals surface area contributed by atoms with E-state index in [2.05, 4.69) is 12.2 Å². The second-order valence-electron chi connectivity index (χ2n) is 1.39. The maximum Gasteiger partial charge on any atom is 0.183 e. The molecule has 0 aromatic carbocycles. The summed E-state index contributed by atoms with van der Waals surface area (Å²) in [5.41, 5.74) is 0. The summed E-state index contributed by atoms with van der Waals surface area (Å²) in [6.45, 7) is 3.21. The lowest BCUT2D eigenvalue weighted by atomic mass is 10.3. The molecule has 0 atom stereocenters. The molecule has 1 nitrogen and oxygen atoms in total. The van der Waals surface area contributed by atoms with Crippen molar-refractivity contribution in [2.45, 2.75) is 19.8 Å². The first-order chi connectivity index (χ1) is 2.91. The molecule has 0 aliphatic rings. The van der Waals surface area contributed by atoms with Crippen LogP contribution < -0.4 is 5.32 Å². The van der Waals surface area contributed by atoms with Gasteiger partial charge in [0, 0.05) is 6.42 Å². The van der Waals surface area contributed by atoms with Crippen molar-refractivity contribution in [3.8, 4) is 0 Å². The van der Waals surface area contributed by atoms with E-state index in [1.165, 1.54) is 12.8 Å². The summed E-state index contributed by atoms with van der Waals surface area (Å²) in [6.07, 6.45) is 2.51. The molecular weight excluding hydrogens is 74.1 g/mol. The van der Waals surface area contributed by atoms with Crippen molar-refractivity contribution in [2.75, 3.05) is 13.6 Å². The van der Waals surface area contributed by atoms with Crippen LogP contribution in [0.3, 0.4) is 0 Å². The van der Waals surface area contributed by atoms with Gasteiger partial charge in [0.1, 0.15) is 0 Å². The van der Waals surface area contributed by atoms with Crippen LogP contribution >= 0.6 is 0 Å². The van der Waals surface area contributed by atoms with Crippen LogP contribution in [0.2, 0.25) is 0 Å². The van der Waals surface area contributed by atoms with Gasteiger partial charge < -0.3 is 0 Å². The minimum atomic E-state index is 1.04. The van der Waals surface area contributed by atoms with Crippen molar-refractivity contribution in [3.05, 3.63) is 0 Å². The number of hydrogen-bond donors (Lipinski definition) is 0. The van der Waals surface area contributed by atoms with Gasteiger partial charge in [0.25, 0.3) is 0 Å². The largest absolute Gasteiger partial charge is 0.183 e. The minimum Gasteiger partial charge on any atom is -0.0652 e. The van der Waals surface area contributed by atoms with Crippen LogP contribution in [0.25, 0.3) is 0 Å². The van der Waals surface area contributed by atoms with E-state index in [-0.39, 0.29) is 0 Å². The van der Waals surface area contributed by atoms with Crippen LogP contribution in [0.5, 0.6) is 0 Å². The third-order valence-electron chi connectivity index (χ3n) is 0.735. The van der Waals surface area contributed by atoms with Gasteiger partial charge in [-0.2, -0.15) is 0 Å². The summed E-state index contributed by atoms with van der Waals surface area (Å²) in [5.74, 6) is 0. The molecule has 1 heteroatoms. The highest BCUT2D eigenvalue weighted by molar-refractivity contribution is 4.34. The Morgan fingerprint density at radius 3 is 2.33 bits per heavy atom. The second kappa shape index (κ2) is 4.96. The summed E-state index contributed by atoms with van der Waals surface area (Å²) < 4.78 is 0. The SMILES string of the molecule is CCCC[N+]C. The smallest absolute Gasteiger partial charge is 0.0652 e. The molecule has 0 amide bonds. The first-order valence-corrected chi connectivity index (χ1v) is 2.47. The van der Waals surface area contributed by atoms with Crippen molar-refractivity contribution >= 4 is 0 Å². The molecule has 0 saturated carbocycles. The summed E-state index contributed by atoms with van der Waals surface area (Å²) >= 11 is 0. The quantitative estimate of drug-likeness (QED) is 0.455. The topological polar surface area (TPSA) is 14.1 Å². The van der Waals surface area contributed by atoms with Gasteiger partial charge in [-0.25, -0.2) is 0 Å². The molecule has 0 saturated heterocycles. The Balaban J connectivity index is 2.34. The fraction of sp³-hybridized carbons (Fsp3) is 1.00. The van der Waals surface area contributed by atoms with Crippen LogP contribution in [0.15, 0.2) is 0 Å². The van der Waals surface area contributed by atoms with Gasteiger partial charge in [-0.15, -0.1) is 0 Å². The van der Waals surface area contributed by atoms with E-state index >= 15 is 0 Å². The van der Waals surface area contributed by atoms with Crippen molar-refractivity contribution < 1.29 is 0 Å². The molecular formula is C5H12N+. The maximum absolute atomic E-state index is 3.93. The van der Waals surface area contributed by atoms with E-state index < -0.39 is 0 Å². The Hall–Kier alpha value is -0.0400. The van der Waals surface area contributed by atoms with Gasteiger partial charge >= 0.3 is 0 Å². The van der Waals surface area contributed by atoms with E-state index in [4.69, 9.17) is 0 Å². The fourth-order valence-corrected chi connectivity index (χ4v) is 0.316. The Labute approximate surface area is 39.7 Å². The van der Waals surface area contributed by atoms with Gasteiger partial charge in [-0.3, -0.25) is 0 Å². The van der Waals surface area contributed by atoms with E-state index in [1.54, 1.807) is 0 Å². The Kier molecular flexibility index (Phi) is 4.93. The molecule has 2 radical (unpaired) electrons. The lowest BCUT2D eigenvalue weighted by molar-refractivity contribution is 0.701. The normalized spacial score (nSPS) is 9.00. The van der Waals surface area contributed by atoms with E-state index in [1.807, 2.05) is 7.05 Å². The van der Waals surface area contributed by atoms with Gasteiger partial charge in [-0.1, -0.05) is 13.3 Å². The lowest BCUT2D eigenvalue weighted by Gasteiger charge is -1.75. The molecule has 0 N–H and O–H groups in total. The third-order valence-corrected chi connectivity index (χ3v) is 0.735. The zero-order chi connectivity index (χ0) is 4.83. The fourth-order valence-electron chi connectivity index (χ4n) is 0.316. The van der Waals surface area contributed by atoms with E-state index in [9.17, 15) is 0 Å². The number of unbranched alkanes of at least 4 members (excludes halogenated alkanes) is 1. The average molecular weight is 86.2 g/mol. The van der Waals surface area contributed by atoms with Crippen LogP contribution in [0, 0.1) is 0 Å². The highest BCUT2D eigenvalue weighted by Crippen LogP contribution is 1.80. The first-order valence-electron chi connectivity index (χ1n) is 2.47. The van der Waals surface area contributed by atoms with Crippen molar-refractivity contribution in [1.29, 1.82) is 0 Å². The van der Waals surface area contributed by atoms with Crippen molar-refractivity contribution in [3.63, 3.8) is 0 Å². The molecule has 0 aliphatic carbocycles. The Morgan fingerprint density at radius 2 is 2.17 bits per heavy atom. The zero-order valence-corrected chi connectivity index (χ0v) is 4.57. The average Bonchev–Trinajstić information content (AvgIpc) is 1.61. The standard InChI is InChI=1S/C5H12N/c1-3-4-5-6-2/h3-5H2,1-2H3/q+1. The molecule has 0 spiro atoms. The first kappa shape index (κ1) is 5.96. The summed E-state index contributed by atoms with van der Waals surface area (Å²) in [6, 6.07) is 0. The monoisotopic (exact) mass is 86.1 g/mol. The molecule has 0 rings (SSSR count). The van der Waals surface area contributed by atoms with Gasteiger partial charge in [-0.05, 0) is 0 Å². The van der Waals surface area contributed by atoms with Crippen LogP contribution in [0.1, 0.15) is 19.8 Å². The molecule has 0 bridgehead atoms.